The van der Waals surface area contributed by atoms with E-state index in [1.54, 1.807) is 24.3 Å². The van der Waals surface area contributed by atoms with Crippen LogP contribution in [0.2, 0.25) is 0 Å². The number of anilines is 1. The Balaban J connectivity index is 2.44. The lowest BCUT2D eigenvalue weighted by Gasteiger charge is -2.19. The molecule has 2 aromatic rings. The molecule has 0 amide bonds. The number of sulfonamides is 1. The molecule has 0 unspecified atom stereocenters. The van der Waals surface area contributed by atoms with E-state index in [0.717, 1.165) is 15.9 Å². The molecule has 118 valence electrons. The molecule has 0 N–H and O–H groups in total. The maximum absolute atomic E-state index is 12.6. The van der Waals surface area contributed by atoms with Crippen molar-refractivity contribution in [1.82, 2.24) is 0 Å². The van der Waals surface area contributed by atoms with Crippen LogP contribution in [0, 0.1) is 21.4 Å². The number of nitro benzene ring substituents is 1. The Morgan fingerprint density at radius 2 is 1.78 bits per heavy atom. The first kappa shape index (κ1) is 16.5. The monoisotopic (exact) mass is 331 g/mol. The Hall–Kier alpha value is -2.92. The summed E-state index contributed by atoms with van der Waals surface area (Å²) < 4.78 is 26.3. The molecule has 0 radical (unpaired) electrons. The molecule has 0 spiro atoms. The maximum Gasteiger partial charge on any atom is 0.289 e. The fraction of sp³-hybridized carbons (Fsp3) is 0.133. The highest BCUT2D eigenvalue weighted by Gasteiger charge is 2.29. The molecule has 7 nitrogen and oxygen atoms in total. The molecule has 0 saturated heterocycles. The van der Waals surface area contributed by atoms with Crippen LogP contribution in [0.4, 0.5) is 11.4 Å². The van der Waals surface area contributed by atoms with Crippen LogP contribution in [0.1, 0.15) is 5.56 Å². The van der Waals surface area contributed by atoms with Crippen molar-refractivity contribution < 1.29 is 13.3 Å². The molecular weight excluding hydrogens is 318 g/mol. The smallest absolute Gasteiger partial charge is 0.269 e. The second-order valence-corrected chi connectivity index (χ2v) is 6.64. The van der Waals surface area contributed by atoms with Crippen molar-refractivity contribution in [3.63, 3.8) is 0 Å². The Labute approximate surface area is 133 Å². The van der Waals surface area contributed by atoms with E-state index in [1.165, 1.54) is 25.2 Å². The van der Waals surface area contributed by atoms with Crippen molar-refractivity contribution in [2.75, 3.05) is 11.4 Å². The first-order chi connectivity index (χ1) is 10.9. The van der Waals surface area contributed by atoms with E-state index in [9.17, 15) is 18.5 Å². The minimum Gasteiger partial charge on any atom is -0.269 e. The van der Waals surface area contributed by atoms with Crippen molar-refractivity contribution in [2.24, 2.45) is 0 Å². The zero-order valence-electron chi connectivity index (χ0n) is 12.2. The number of hydrogen-bond donors (Lipinski definition) is 0. The Morgan fingerprint density at radius 1 is 1.17 bits per heavy atom. The lowest BCUT2D eigenvalue weighted by Crippen LogP contribution is -2.27. The molecular formula is C15H13N3O4S. The number of para-hydroxylation sites is 1. The van der Waals surface area contributed by atoms with Crippen molar-refractivity contribution in [3.05, 3.63) is 64.2 Å². The maximum atomic E-state index is 12.6. The van der Waals surface area contributed by atoms with Gasteiger partial charge >= 0.3 is 0 Å². The van der Waals surface area contributed by atoms with Crippen LogP contribution in [0.25, 0.3) is 0 Å². The van der Waals surface area contributed by atoms with Gasteiger partial charge in [-0.05, 0) is 23.8 Å². The summed E-state index contributed by atoms with van der Waals surface area (Å²) in [6.07, 6.45) is 0.223. The van der Waals surface area contributed by atoms with E-state index in [4.69, 9.17) is 5.26 Å². The summed E-state index contributed by atoms with van der Waals surface area (Å²) >= 11 is 0. The van der Waals surface area contributed by atoms with Crippen LogP contribution in [-0.4, -0.2) is 20.4 Å². The normalized spacial score (nSPS) is 10.8. The summed E-state index contributed by atoms with van der Waals surface area (Å²) in [5.74, 6) is 0. The summed E-state index contributed by atoms with van der Waals surface area (Å²) in [5.41, 5.74) is 0.637. The average Bonchev–Trinajstić information content (AvgIpc) is 2.55. The van der Waals surface area contributed by atoms with E-state index in [1.807, 2.05) is 6.07 Å². The standard InChI is InChI=1S/C15H13N3O4S/c1-17(13-8-6-12(7-9-13)10-11-16)23(21,22)15-5-3-2-4-14(15)18(19)20/h2-9H,10H2,1H3. The molecule has 8 heteroatoms. The summed E-state index contributed by atoms with van der Waals surface area (Å²) in [5, 5.41) is 19.7. The van der Waals surface area contributed by atoms with Gasteiger partial charge in [0, 0.05) is 13.1 Å². The Morgan fingerprint density at radius 3 is 2.35 bits per heavy atom. The third-order valence-electron chi connectivity index (χ3n) is 3.28. The zero-order valence-corrected chi connectivity index (χ0v) is 13.0. The highest BCUT2D eigenvalue weighted by atomic mass is 32.2. The number of rotatable bonds is 5. The van der Waals surface area contributed by atoms with Crippen LogP contribution in [0.15, 0.2) is 53.4 Å². The highest BCUT2D eigenvalue weighted by molar-refractivity contribution is 7.93. The SMILES string of the molecule is CN(c1ccc(CC#N)cc1)S(=O)(=O)c1ccccc1[N+](=O)[O-]. The molecule has 0 atom stereocenters. The van der Waals surface area contributed by atoms with E-state index in [0.29, 0.717) is 5.69 Å². The van der Waals surface area contributed by atoms with Crippen LogP contribution in [0.3, 0.4) is 0 Å². The van der Waals surface area contributed by atoms with Crippen molar-refractivity contribution in [2.45, 2.75) is 11.3 Å². The Kier molecular flexibility index (Phi) is 4.62. The fourth-order valence-electron chi connectivity index (χ4n) is 2.03. The minimum absolute atomic E-state index is 0.223. The third kappa shape index (κ3) is 3.30. The van der Waals surface area contributed by atoms with Crippen molar-refractivity contribution >= 4 is 21.4 Å². The second-order valence-electron chi connectivity index (χ2n) is 4.70. The average molecular weight is 331 g/mol. The van der Waals surface area contributed by atoms with Crippen LogP contribution >= 0.6 is 0 Å². The van der Waals surface area contributed by atoms with Gasteiger partial charge in [-0.3, -0.25) is 14.4 Å². The van der Waals surface area contributed by atoms with Crippen LogP contribution < -0.4 is 4.31 Å². The molecule has 0 aromatic heterocycles. The summed E-state index contributed by atoms with van der Waals surface area (Å²) in [7, 11) is -2.74. The van der Waals surface area contributed by atoms with Gasteiger partial charge in [0.15, 0.2) is 4.90 Å². The molecule has 0 heterocycles. The summed E-state index contributed by atoms with van der Waals surface area (Å²) in [6.45, 7) is 0. The van der Waals surface area contributed by atoms with Gasteiger partial charge in [0.25, 0.3) is 15.7 Å². The zero-order chi connectivity index (χ0) is 17.0. The number of nitrogens with zero attached hydrogens (tertiary/aromatic N) is 3. The molecule has 2 rings (SSSR count). The van der Waals surface area contributed by atoms with Gasteiger partial charge in [-0.25, -0.2) is 8.42 Å². The number of hydrogen-bond acceptors (Lipinski definition) is 5. The van der Waals surface area contributed by atoms with Gasteiger partial charge in [-0.1, -0.05) is 24.3 Å². The third-order valence-corrected chi connectivity index (χ3v) is 5.12. The number of nitriles is 1. The molecule has 0 saturated carbocycles. The molecule has 0 aliphatic carbocycles. The van der Waals surface area contributed by atoms with Crippen molar-refractivity contribution in [3.8, 4) is 6.07 Å². The van der Waals surface area contributed by atoms with Gasteiger partial charge < -0.3 is 0 Å². The topological polar surface area (TPSA) is 104 Å². The molecule has 23 heavy (non-hydrogen) atoms. The molecule has 2 aromatic carbocycles. The molecule has 0 fully saturated rings. The summed E-state index contributed by atoms with van der Waals surface area (Å²) in [4.78, 5) is 9.94. The van der Waals surface area contributed by atoms with Crippen LogP contribution in [-0.2, 0) is 16.4 Å². The molecule has 0 aliphatic rings. The largest absolute Gasteiger partial charge is 0.289 e. The molecule has 0 bridgehead atoms. The Bertz CT molecular complexity index is 870. The van der Waals surface area contributed by atoms with Crippen molar-refractivity contribution in [1.29, 1.82) is 5.26 Å². The van der Waals surface area contributed by atoms with E-state index < -0.39 is 20.6 Å². The second kappa shape index (κ2) is 6.46. The lowest BCUT2D eigenvalue weighted by molar-refractivity contribution is -0.387. The highest BCUT2D eigenvalue weighted by Crippen LogP contribution is 2.28. The van der Waals surface area contributed by atoms with Gasteiger partial charge in [0.05, 0.1) is 23.1 Å². The van der Waals surface area contributed by atoms with Gasteiger partial charge in [0.1, 0.15) is 0 Å². The first-order valence-electron chi connectivity index (χ1n) is 6.56. The minimum atomic E-state index is -4.07. The van der Waals surface area contributed by atoms with E-state index >= 15 is 0 Å². The van der Waals surface area contributed by atoms with Gasteiger partial charge in [0.2, 0.25) is 0 Å². The fourth-order valence-corrected chi connectivity index (χ4v) is 3.38. The first-order valence-corrected chi connectivity index (χ1v) is 8.00. The number of benzene rings is 2. The van der Waals surface area contributed by atoms with E-state index in [-0.39, 0.29) is 11.3 Å². The summed E-state index contributed by atoms with van der Waals surface area (Å²) in [6, 6.07) is 13.6. The van der Waals surface area contributed by atoms with Crippen LogP contribution in [0.5, 0.6) is 0 Å². The van der Waals surface area contributed by atoms with Gasteiger partial charge in [-0.15, -0.1) is 0 Å². The quantitative estimate of drug-likeness (QED) is 0.618. The lowest BCUT2D eigenvalue weighted by atomic mass is 10.1. The molecule has 0 aliphatic heterocycles. The predicted molar refractivity (Wildman–Crippen MR) is 84.4 cm³/mol. The predicted octanol–water partition coefficient (Wildman–Crippen LogP) is 2.49. The number of nitro groups is 1. The van der Waals surface area contributed by atoms with Gasteiger partial charge in [-0.2, -0.15) is 5.26 Å². The van der Waals surface area contributed by atoms with E-state index in [2.05, 4.69) is 0 Å².